The highest BCUT2D eigenvalue weighted by atomic mass is 16.5. The Kier molecular flexibility index (Phi) is 4.95. The van der Waals surface area contributed by atoms with E-state index in [0.717, 1.165) is 16.9 Å². The first kappa shape index (κ1) is 13.6. The van der Waals surface area contributed by atoms with Crippen LogP contribution in [-0.2, 0) is 6.42 Å². The van der Waals surface area contributed by atoms with Gasteiger partial charge >= 0.3 is 0 Å². The second-order valence-corrected chi connectivity index (χ2v) is 4.37. The van der Waals surface area contributed by atoms with Crippen LogP contribution in [0.4, 0.5) is 0 Å². The lowest BCUT2D eigenvalue weighted by atomic mass is 10.1. The molecule has 0 aliphatic heterocycles. The maximum absolute atomic E-state index is 8.87. The quantitative estimate of drug-likeness (QED) is 0.835. The molecule has 1 atom stereocenters. The van der Waals surface area contributed by atoms with Crippen molar-refractivity contribution in [3.8, 4) is 5.75 Å². The lowest BCUT2D eigenvalue weighted by Crippen LogP contribution is -2.18. The fraction of sp³-hybridized carbons (Fsp3) is 0.250. The average molecular weight is 257 g/mol. The van der Waals surface area contributed by atoms with Gasteiger partial charge in [-0.15, -0.1) is 0 Å². The third-order valence-electron chi connectivity index (χ3n) is 2.99. The van der Waals surface area contributed by atoms with Gasteiger partial charge in [-0.3, -0.25) is 0 Å². The van der Waals surface area contributed by atoms with Gasteiger partial charge in [0, 0.05) is 13.2 Å². The van der Waals surface area contributed by atoms with Gasteiger partial charge < -0.3 is 15.6 Å². The number of aliphatic hydroxyl groups excluding tert-OH is 1. The van der Waals surface area contributed by atoms with Gasteiger partial charge in [0.25, 0.3) is 0 Å². The van der Waals surface area contributed by atoms with E-state index in [1.807, 2.05) is 54.6 Å². The Morgan fingerprint density at radius 2 is 1.68 bits per heavy atom. The van der Waals surface area contributed by atoms with Crippen molar-refractivity contribution in [3.05, 3.63) is 65.7 Å². The summed E-state index contributed by atoms with van der Waals surface area (Å²) in [5.74, 6) is 0.793. The van der Waals surface area contributed by atoms with Gasteiger partial charge in [0.05, 0.1) is 0 Å². The van der Waals surface area contributed by atoms with Crippen LogP contribution in [-0.4, -0.2) is 18.3 Å². The van der Waals surface area contributed by atoms with E-state index in [4.69, 9.17) is 15.6 Å². The van der Waals surface area contributed by atoms with Gasteiger partial charge in [0.15, 0.2) is 0 Å². The van der Waals surface area contributed by atoms with E-state index in [2.05, 4.69) is 0 Å². The van der Waals surface area contributed by atoms with Crippen LogP contribution in [0.5, 0.6) is 5.75 Å². The topological polar surface area (TPSA) is 55.5 Å². The van der Waals surface area contributed by atoms with Crippen LogP contribution in [0.3, 0.4) is 0 Å². The highest BCUT2D eigenvalue weighted by Gasteiger charge is 2.10. The summed E-state index contributed by atoms with van der Waals surface area (Å²) in [6.45, 7) is 0.595. The molecule has 2 aromatic rings. The Morgan fingerprint density at radius 1 is 1.00 bits per heavy atom. The zero-order chi connectivity index (χ0) is 13.5. The Labute approximate surface area is 113 Å². The van der Waals surface area contributed by atoms with Crippen molar-refractivity contribution in [3.63, 3.8) is 0 Å². The third kappa shape index (κ3) is 3.81. The zero-order valence-corrected chi connectivity index (χ0v) is 10.8. The molecular weight excluding hydrogens is 238 g/mol. The molecule has 0 amide bonds. The normalized spacial score (nSPS) is 12.1. The minimum absolute atomic E-state index is 0.134. The van der Waals surface area contributed by atoms with E-state index < -0.39 is 0 Å². The van der Waals surface area contributed by atoms with Crippen molar-refractivity contribution >= 4 is 0 Å². The van der Waals surface area contributed by atoms with Crippen LogP contribution in [0.1, 0.15) is 17.2 Å². The molecule has 0 radical (unpaired) electrons. The molecule has 0 saturated carbocycles. The Hall–Kier alpha value is -1.84. The predicted molar refractivity (Wildman–Crippen MR) is 76.1 cm³/mol. The van der Waals surface area contributed by atoms with E-state index in [1.54, 1.807) is 0 Å². The van der Waals surface area contributed by atoms with Crippen molar-refractivity contribution in [2.75, 3.05) is 13.2 Å². The van der Waals surface area contributed by atoms with E-state index in [0.29, 0.717) is 13.0 Å². The third-order valence-corrected chi connectivity index (χ3v) is 2.99. The molecule has 0 aromatic heterocycles. The second kappa shape index (κ2) is 6.92. The summed E-state index contributed by atoms with van der Waals surface area (Å²) < 4.78 is 5.90. The van der Waals surface area contributed by atoms with Crippen LogP contribution in [0.2, 0.25) is 0 Å². The van der Waals surface area contributed by atoms with Gasteiger partial charge in [0.2, 0.25) is 0 Å². The van der Waals surface area contributed by atoms with Gasteiger partial charge in [-0.05, 0) is 29.7 Å². The number of aliphatic hydroxyl groups is 1. The van der Waals surface area contributed by atoms with Crippen LogP contribution in [0.15, 0.2) is 54.6 Å². The molecular formula is C16H19NO2. The van der Waals surface area contributed by atoms with Crippen molar-refractivity contribution in [2.24, 2.45) is 5.73 Å². The maximum Gasteiger partial charge on any atom is 0.136 e. The van der Waals surface area contributed by atoms with Crippen LogP contribution in [0, 0.1) is 0 Å². The maximum atomic E-state index is 8.87. The SMILES string of the molecule is NCC(Oc1ccc(CCO)cc1)c1ccccc1. The number of nitrogens with two attached hydrogens (primary N) is 1. The molecule has 2 aromatic carbocycles. The summed E-state index contributed by atoms with van der Waals surface area (Å²) in [6.07, 6.45) is 0.532. The molecule has 0 bridgehead atoms. The molecule has 2 rings (SSSR count). The van der Waals surface area contributed by atoms with Gasteiger partial charge in [0.1, 0.15) is 11.9 Å². The standard InChI is InChI=1S/C16H19NO2/c17-12-16(14-4-2-1-3-5-14)19-15-8-6-13(7-9-15)10-11-18/h1-9,16,18H,10-12,17H2. The first-order valence-electron chi connectivity index (χ1n) is 6.45. The molecule has 3 nitrogen and oxygen atoms in total. The molecule has 0 aliphatic carbocycles. The summed E-state index contributed by atoms with van der Waals surface area (Å²) >= 11 is 0. The van der Waals surface area contributed by atoms with Crippen molar-refractivity contribution in [1.82, 2.24) is 0 Å². The molecule has 0 saturated heterocycles. The number of benzene rings is 2. The Bertz CT molecular complexity index is 482. The molecule has 3 heteroatoms. The Morgan fingerprint density at radius 3 is 2.26 bits per heavy atom. The number of hydrogen-bond donors (Lipinski definition) is 2. The molecule has 3 N–H and O–H groups in total. The lowest BCUT2D eigenvalue weighted by Gasteiger charge is -2.18. The highest BCUT2D eigenvalue weighted by molar-refractivity contribution is 5.29. The zero-order valence-electron chi connectivity index (χ0n) is 10.8. The molecule has 0 heterocycles. The summed E-state index contributed by atoms with van der Waals surface area (Å²) in [7, 11) is 0. The minimum Gasteiger partial charge on any atom is -0.484 e. The number of rotatable bonds is 6. The first-order chi connectivity index (χ1) is 9.33. The van der Waals surface area contributed by atoms with Crippen molar-refractivity contribution in [1.29, 1.82) is 0 Å². The minimum atomic E-state index is -0.134. The lowest BCUT2D eigenvalue weighted by molar-refractivity contribution is 0.214. The summed E-state index contributed by atoms with van der Waals surface area (Å²) in [4.78, 5) is 0. The summed E-state index contributed by atoms with van der Waals surface area (Å²) in [5.41, 5.74) is 7.94. The summed E-state index contributed by atoms with van der Waals surface area (Å²) in [5, 5.41) is 8.87. The van der Waals surface area contributed by atoms with E-state index >= 15 is 0 Å². The van der Waals surface area contributed by atoms with E-state index in [1.165, 1.54) is 0 Å². The largest absolute Gasteiger partial charge is 0.484 e. The van der Waals surface area contributed by atoms with Crippen molar-refractivity contribution < 1.29 is 9.84 Å². The van der Waals surface area contributed by atoms with Crippen LogP contribution in [0.25, 0.3) is 0 Å². The smallest absolute Gasteiger partial charge is 0.136 e. The van der Waals surface area contributed by atoms with Gasteiger partial charge in [-0.25, -0.2) is 0 Å². The molecule has 0 fully saturated rings. The highest BCUT2D eigenvalue weighted by Crippen LogP contribution is 2.21. The molecule has 19 heavy (non-hydrogen) atoms. The van der Waals surface area contributed by atoms with E-state index in [9.17, 15) is 0 Å². The van der Waals surface area contributed by atoms with Crippen LogP contribution < -0.4 is 10.5 Å². The second-order valence-electron chi connectivity index (χ2n) is 4.37. The monoisotopic (exact) mass is 257 g/mol. The molecule has 0 aliphatic rings. The van der Waals surface area contributed by atoms with Crippen molar-refractivity contribution in [2.45, 2.75) is 12.5 Å². The fourth-order valence-electron chi connectivity index (χ4n) is 1.95. The first-order valence-corrected chi connectivity index (χ1v) is 6.45. The summed E-state index contributed by atoms with van der Waals surface area (Å²) in [6, 6.07) is 17.7. The molecule has 1 unspecified atom stereocenters. The average Bonchev–Trinajstić information content (AvgIpc) is 2.48. The molecule has 0 spiro atoms. The number of hydrogen-bond acceptors (Lipinski definition) is 3. The van der Waals surface area contributed by atoms with Gasteiger partial charge in [-0.1, -0.05) is 42.5 Å². The fourth-order valence-corrected chi connectivity index (χ4v) is 1.95. The Balaban J connectivity index is 2.06. The number of ether oxygens (including phenoxy) is 1. The van der Waals surface area contributed by atoms with Gasteiger partial charge in [-0.2, -0.15) is 0 Å². The van der Waals surface area contributed by atoms with Crippen LogP contribution >= 0.6 is 0 Å². The van der Waals surface area contributed by atoms with E-state index in [-0.39, 0.29) is 12.7 Å². The predicted octanol–water partition coefficient (Wildman–Crippen LogP) is 2.30. The molecule has 100 valence electrons.